The summed E-state index contributed by atoms with van der Waals surface area (Å²) < 4.78 is 59.4. The Morgan fingerprint density at radius 1 is 1.12 bits per heavy atom. The topological polar surface area (TPSA) is 85.2 Å². The Morgan fingerprint density at radius 3 is 2.75 bits per heavy atom. The minimum atomic E-state index is -4.67. The molecule has 1 atom stereocenters. The van der Waals surface area contributed by atoms with E-state index in [2.05, 4.69) is 25.2 Å². The number of fused-ring (bicyclic) bond motifs is 1. The maximum atomic E-state index is 13.5. The van der Waals surface area contributed by atoms with Crippen molar-refractivity contribution in [3.8, 4) is 11.4 Å². The van der Waals surface area contributed by atoms with Crippen molar-refractivity contribution >= 4 is 11.6 Å². The van der Waals surface area contributed by atoms with E-state index in [0.29, 0.717) is 36.1 Å². The van der Waals surface area contributed by atoms with Gasteiger partial charge in [0.25, 0.3) is 11.6 Å². The highest BCUT2D eigenvalue weighted by molar-refractivity contribution is 5.54. The van der Waals surface area contributed by atoms with Crippen molar-refractivity contribution in [2.45, 2.75) is 31.9 Å². The number of aromatic nitrogens is 6. The second-order valence-electron chi connectivity index (χ2n) is 7.65. The first-order valence-corrected chi connectivity index (χ1v) is 9.94. The van der Waals surface area contributed by atoms with Crippen LogP contribution < -0.4 is 4.90 Å². The first-order chi connectivity index (χ1) is 15.3. The summed E-state index contributed by atoms with van der Waals surface area (Å²) in [6.45, 7) is 2.74. The lowest BCUT2D eigenvalue weighted by atomic mass is 9.98. The maximum Gasteiger partial charge on any atom is 0.453 e. The van der Waals surface area contributed by atoms with Crippen LogP contribution in [-0.2, 0) is 6.18 Å². The van der Waals surface area contributed by atoms with Crippen LogP contribution in [0.5, 0.6) is 0 Å². The van der Waals surface area contributed by atoms with Gasteiger partial charge >= 0.3 is 6.18 Å². The Bertz CT molecular complexity index is 1280. The van der Waals surface area contributed by atoms with Gasteiger partial charge in [-0.3, -0.25) is 0 Å². The van der Waals surface area contributed by atoms with E-state index in [0.717, 1.165) is 17.4 Å². The van der Waals surface area contributed by atoms with E-state index in [1.165, 1.54) is 12.1 Å². The van der Waals surface area contributed by atoms with Gasteiger partial charge in [-0.25, -0.2) is 9.37 Å². The van der Waals surface area contributed by atoms with Crippen LogP contribution in [0.4, 0.5) is 23.4 Å². The van der Waals surface area contributed by atoms with Gasteiger partial charge in [-0.15, -0.1) is 5.10 Å². The van der Waals surface area contributed by atoms with E-state index in [1.54, 1.807) is 25.1 Å². The molecule has 0 spiro atoms. The van der Waals surface area contributed by atoms with E-state index in [4.69, 9.17) is 4.52 Å². The van der Waals surface area contributed by atoms with Crippen LogP contribution in [-0.4, -0.2) is 42.8 Å². The molecule has 0 N–H and O–H groups in total. The van der Waals surface area contributed by atoms with Crippen LogP contribution in [0.3, 0.4) is 0 Å². The molecule has 1 aromatic carbocycles. The summed E-state index contributed by atoms with van der Waals surface area (Å²) in [5.74, 6) is -0.753. The smallest absolute Gasteiger partial charge is 0.356 e. The van der Waals surface area contributed by atoms with Crippen LogP contribution in [0, 0.1) is 12.7 Å². The van der Waals surface area contributed by atoms with Gasteiger partial charge in [-0.05, 0) is 31.9 Å². The van der Waals surface area contributed by atoms with Crippen molar-refractivity contribution in [1.29, 1.82) is 0 Å². The molecule has 12 heteroatoms. The highest BCUT2D eigenvalue weighted by atomic mass is 19.4. The van der Waals surface area contributed by atoms with Crippen molar-refractivity contribution < 1.29 is 22.1 Å². The summed E-state index contributed by atoms with van der Waals surface area (Å²) in [6.07, 6.45) is -3.15. The van der Waals surface area contributed by atoms with Gasteiger partial charge in [-0.2, -0.15) is 27.7 Å². The molecule has 8 nitrogen and oxygen atoms in total. The molecule has 0 amide bonds. The lowest BCUT2D eigenvalue weighted by molar-refractivity contribution is -0.144. The molecule has 1 fully saturated rings. The van der Waals surface area contributed by atoms with Crippen LogP contribution in [0.2, 0.25) is 0 Å². The molecule has 5 rings (SSSR count). The summed E-state index contributed by atoms with van der Waals surface area (Å²) in [6, 6.07) is 7.57. The minimum absolute atomic E-state index is 0.111. The molecule has 1 aliphatic rings. The summed E-state index contributed by atoms with van der Waals surface area (Å²) in [5, 5.41) is 7.60. The molecular weight excluding hydrogens is 430 g/mol. The predicted molar refractivity (Wildman–Crippen MR) is 104 cm³/mol. The summed E-state index contributed by atoms with van der Waals surface area (Å²) in [7, 11) is 0. The Hall–Kier alpha value is -3.57. The lowest BCUT2D eigenvalue weighted by Crippen LogP contribution is -2.36. The molecule has 4 aromatic rings. The SMILES string of the molecule is Cc1cc(N2CCCC(c3nc(-c4cccc(F)c4)no3)C2)n2nc(C(F)(F)F)nc2n1. The van der Waals surface area contributed by atoms with Crippen molar-refractivity contribution in [1.82, 2.24) is 29.7 Å². The number of nitrogens with zero attached hydrogens (tertiary/aromatic N) is 7. The predicted octanol–water partition coefficient (Wildman–Crippen LogP) is 4.02. The fraction of sp³-hybridized carbons (Fsp3) is 0.350. The number of piperidine rings is 1. The van der Waals surface area contributed by atoms with Crippen molar-refractivity contribution in [3.63, 3.8) is 0 Å². The van der Waals surface area contributed by atoms with Gasteiger partial charge in [0.15, 0.2) is 0 Å². The standard InChI is InChI=1S/C20H17F4N7O/c1-11-8-15(31-19(25-11)27-18(28-31)20(22,23)24)30-7-3-5-13(10-30)17-26-16(29-32-17)12-4-2-6-14(21)9-12/h2,4,6,8-9,13H,3,5,7,10H2,1H3. The lowest BCUT2D eigenvalue weighted by Gasteiger charge is -2.32. The number of anilines is 1. The van der Waals surface area contributed by atoms with Gasteiger partial charge in [0.1, 0.15) is 11.6 Å². The molecule has 1 unspecified atom stereocenters. The molecule has 1 saturated heterocycles. The third-order valence-electron chi connectivity index (χ3n) is 5.29. The molecule has 0 aliphatic carbocycles. The average Bonchev–Trinajstić information content (AvgIpc) is 3.41. The second-order valence-corrected chi connectivity index (χ2v) is 7.65. The number of halogens is 4. The quantitative estimate of drug-likeness (QED) is 0.439. The van der Waals surface area contributed by atoms with Gasteiger partial charge < -0.3 is 9.42 Å². The Labute approximate surface area is 178 Å². The fourth-order valence-electron chi connectivity index (χ4n) is 3.85. The van der Waals surface area contributed by atoms with Crippen LogP contribution in [0.15, 0.2) is 34.9 Å². The van der Waals surface area contributed by atoms with Gasteiger partial charge in [-0.1, -0.05) is 17.3 Å². The van der Waals surface area contributed by atoms with Crippen molar-refractivity contribution in [3.05, 3.63) is 53.6 Å². The highest BCUT2D eigenvalue weighted by Gasteiger charge is 2.37. The molecule has 4 heterocycles. The normalized spacial score (nSPS) is 17.3. The van der Waals surface area contributed by atoms with E-state index in [1.807, 2.05) is 4.90 Å². The zero-order valence-corrected chi connectivity index (χ0v) is 16.8. The summed E-state index contributed by atoms with van der Waals surface area (Å²) >= 11 is 0. The molecular formula is C20H17F4N7O. The third-order valence-corrected chi connectivity index (χ3v) is 5.29. The number of alkyl halides is 3. The largest absolute Gasteiger partial charge is 0.453 e. The molecule has 1 aliphatic heterocycles. The van der Waals surface area contributed by atoms with Gasteiger partial charge in [0.2, 0.25) is 11.7 Å². The summed E-state index contributed by atoms with van der Waals surface area (Å²) in [5.41, 5.74) is 1.03. The zero-order chi connectivity index (χ0) is 22.5. The first kappa shape index (κ1) is 20.3. The number of rotatable bonds is 3. The van der Waals surface area contributed by atoms with Crippen molar-refractivity contribution in [2.24, 2.45) is 0 Å². The number of hydrogen-bond donors (Lipinski definition) is 0. The Balaban J connectivity index is 1.45. The van der Waals surface area contributed by atoms with E-state index in [-0.39, 0.29) is 17.5 Å². The summed E-state index contributed by atoms with van der Waals surface area (Å²) in [4.78, 5) is 14.0. The van der Waals surface area contributed by atoms with Gasteiger partial charge in [0.05, 0.1) is 5.92 Å². The molecule has 0 saturated carbocycles. The second kappa shape index (κ2) is 7.53. The molecule has 166 valence electrons. The molecule has 0 bridgehead atoms. The number of benzene rings is 1. The maximum absolute atomic E-state index is 13.5. The third kappa shape index (κ3) is 3.76. The van der Waals surface area contributed by atoms with E-state index >= 15 is 0 Å². The Morgan fingerprint density at radius 2 is 1.97 bits per heavy atom. The molecule has 0 radical (unpaired) electrons. The van der Waals surface area contributed by atoms with E-state index < -0.39 is 17.8 Å². The van der Waals surface area contributed by atoms with Gasteiger partial charge in [0, 0.05) is 30.4 Å². The monoisotopic (exact) mass is 447 g/mol. The van der Waals surface area contributed by atoms with Crippen molar-refractivity contribution in [2.75, 3.05) is 18.0 Å². The van der Waals surface area contributed by atoms with Crippen LogP contribution >= 0.6 is 0 Å². The fourth-order valence-corrected chi connectivity index (χ4v) is 3.85. The van der Waals surface area contributed by atoms with Crippen LogP contribution in [0.25, 0.3) is 17.2 Å². The average molecular weight is 447 g/mol. The zero-order valence-electron chi connectivity index (χ0n) is 16.8. The molecule has 3 aromatic heterocycles. The minimum Gasteiger partial charge on any atom is -0.356 e. The first-order valence-electron chi connectivity index (χ1n) is 9.94. The van der Waals surface area contributed by atoms with Crippen LogP contribution in [0.1, 0.15) is 36.2 Å². The number of hydrogen-bond acceptors (Lipinski definition) is 7. The number of aryl methyl sites for hydroxylation is 1. The van der Waals surface area contributed by atoms with E-state index in [9.17, 15) is 17.6 Å². The molecule has 32 heavy (non-hydrogen) atoms. The Kier molecular flexibility index (Phi) is 4.79. The highest BCUT2D eigenvalue weighted by Crippen LogP contribution is 2.32.